The highest BCUT2D eigenvalue weighted by Gasteiger charge is 2.09. The highest BCUT2D eigenvalue weighted by molar-refractivity contribution is 8.01. The largest absolute Gasteiger partial charge is 0.481 e. The molecular weight excluding hydrogens is 280 g/mol. The van der Waals surface area contributed by atoms with E-state index >= 15 is 0 Å². The van der Waals surface area contributed by atoms with Crippen molar-refractivity contribution in [3.05, 3.63) is 35.2 Å². The SMILES string of the molecule is O=C(O)CSc1nc(-c2cc(F)cc(F)c2)cs1. The molecule has 2 rings (SSSR count). The lowest BCUT2D eigenvalue weighted by atomic mass is 10.2. The minimum Gasteiger partial charge on any atom is -0.481 e. The Morgan fingerprint density at radius 1 is 1.33 bits per heavy atom. The smallest absolute Gasteiger partial charge is 0.313 e. The lowest BCUT2D eigenvalue weighted by molar-refractivity contribution is -0.133. The minimum atomic E-state index is -0.937. The van der Waals surface area contributed by atoms with Crippen LogP contribution in [-0.2, 0) is 4.79 Å². The van der Waals surface area contributed by atoms with Crippen LogP contribution >= 0.6 is 23.1 Å². The third-order valence-electron chi connectivity index (χ3n) is 1.96. The van der Waals surface area contributed by atoms with Crippen molar-refractivity contribution < 1.29 is 18.7 Å². The number of carbonyl (C=O) groups is 1. The van der Waals surface area contributed by atoms with E-state index < -0.39 is 17.6 Å². The molecule has 0 aliphatic rings. The van der Waals surface area contributed by atoms with Gasteiger partial charge in [0, 0.05) is 17.0 Å². The normalized spacial score (nSPS) is 10.6. The second kappa shape index (κ2) is 5.45. The molecule has 1 aromatic heterocycles. The van der Waals surface area contributed by atoms with Crippen molar-refractivity contribution in [2.75, 3.05) is 5.75 Å². The molecule has 0 bridgehead atoms. The molecule has 0 radical (unpaired) electrons. The second-order valence-corrected chi connectivity index (χ2v) is 5.42. The highest BCUT2D eigenvalue weighted by atomic mass is 32.2. The summed E-state index contributed by atoms with van der Waals surface area (Å²) in [6, 6.07) is 3.16. The summed E-state index contributed by atoms with van der Waals surface area (Å²) in [6.45, 7) is 0. The van der Waals surface area contributed by atoms with Gasteiger partial charge in [0.2, 0.25) is 0 Å². The Labute approximate surface area is 109 Å². The van der Waals surface area contributed by atoms with Gasteiger partial charge in [-0.15, -0.1) is 11.3 Å². The van der Waals surface area contributed by atoms with Crippen LogP contribution in [0.2, 0.25) is 0 Å². The van der Waals surface area contributed by atoms with E-state index in [1.165, 1.54) is 23.5 Å². The first-order valence-corrected chi connectivity index (χ1v) is 6.68. The zero-order valence-electron chi connectivity index (χ0n) is 8.89. The van der Waals surface area contributed by atoms with Gasteiger partial charge in [0.05, 0.1) is 11.4 Å². The molecule has 0 amide bonds. The fraction of sp³-hybridized carbons (Fsp3) is 0.0909. The molecular formula is C11H7F2NO2S2. The lowest BCUT2D eigenvalue weighted by Crippen LogP contribution is -1.97. The van der Waals surface area contributed by atoms with Crippen LogP contribution in [0.3, 0.4) is 0 Å². The zero-order valence-corrected chi connectivity index (χ0v) is 10.5. The molecule has 1 aromatic carbocycles. The molecule has 0 saturated carbocycles. The summed E-state index contributed by atoms with van der Waals surface area (Å²) in [6.07, 6.45) is 0. The summed E-state index contributed by atoms with van der Waals surface area (Å²) >= 11 is 2.31. The third-order valence-corrected chi connectivity index (χ3v) is 3.97. The Morgan fingerprint density at radius 2 is 2.00 bits per heavy atom. The van der Waals surface area contributed by atoms with Crippen molar-refractivity contribution in [1.82, 2.24) is 4.98 Å². The fourth-order valence-electron chi connectivity index (χ4n) is 1.28. The summed E-state index contributed by atoms with van der Waals surface area (Å²) in [4.78, 5) is 14.5. The molecule has 0 aliphatic heterocycles. The molecule has 3 nitrogen and oxygen atoms in total. The van der Waals surface area contributed by atoms with Gasteiger partial charge in [0.1, 0.15) is 11.6 Å². The minimum absolute atomic E-state index is 0.0928. The molecule has 0 atom stereocenters. The Hall–Kier alpha value is -1.47. The van der Waals surface area contributed by atoms with Crippen molar-refractivity contribution in [2.24, 2.45) is 0 Å². The number of thioether (sulfide) groups is 1. The molecule has 18 heavy (non-hydrogen) atoms. The molecule has 1 heterocycles. The van der Waals surface area contributed by atoms with E-state index in [0.29, 0.717) is 15.6 Å². The van der Waals surface area contributed by atoms with Crippen molar-refractivity contribution in [3.63, 3.8) is 0 Å². The average molecular weight is 287 g/mol. The Kier molecular flexibility index (Phi) is 3.93. The van der Waals surface area contributed by atoms with Gasteiger partial charge >= 0.3 is 5.97 Å². The van der Waals surface area contributed by atoms with Gasteiger partial charge in [0.15, 0.2) is 4.34 Å². The third kappa shape index (κ3) is 3.27. The van der Waals surface area contributed by atoms with E-state index in [1.807, 2.05) is 0 Å². The first-order valence-electron chi connectivity index (χ1n) is 4.81. The number of aliphatic carboxylic acids is 1. The number of hydrogen-bond donors (Lipinski definition) is 1. The Bertz CT molecular complexity index is 566. The van der Waals surface area contributed by atoms with E-state index in [9.17, 15) is 13.6 Å². The van der Waals surface area contributed by atoms with Crippen molar-refractivity contribution >= 4 is 29.1 Å². The first kappa shape index (κ1) is 13.0. The van der Waals surface area contributed by atoms with Crippen LogP contribution < -0.4 is 0 Å². The van der Waals surface area contributed by atoms with Crippen molar-refractivity contribution in [1.29, 1.82) is 0 Å². The maximum atomic E-state index is 13.0. The number of nitrogens with zero attached hydrogens (tertiary/aromatic N) is 1. The van der Waals surface area contributed by atoms with E-state index in [0.717, 1.165) is 17.8 Å². The Balaban J connectivity index is 2.21. The monoisotopic (exact) mass is 287 g/mol. The summed E-state index contributed by atoms with van der Waals surface area (Å²) in [5, 5.41) is 10.2. The average Bonchev–Trinajstić information content (AvgIpc) is 2.73. The van der Waals surface area contributed by atoms with Gasteiger partial charge in [-0.1, -0.05) is 11.8 Å². The van der Waals surface area contributed by atoms with Gasteiger partial charge in [-0.05, 0) is 12.1 Å². The highest BCUT2D eigenvalue weighted by Crippen LogP contribution is 2.28. The molecule has 1 N–H and O–H groups in total. The molecule has 0 aliphatic carbocycles. The van der Waals surface area contributed by atoms with Gasteiger partial charge in [-0.3, -0.25) is 4.79 Å². The summed E-state index contributed by atoms with van der Waals surface area (Å²) in [5.41, 5.74) is 0.775. The van der Waals surface area contributed by atoms with E-state index in [2.05, 4.69) is 4.98 Å². The predicted molar refractivity (Wildman–Crippen MR) is 65.8 cm³/mol. The first-order chi connectivity index (χ1) is 8.54. The number of halogens is 2. The zero-order chi connectivity index (χ0) is 13.1. The van der Waals surface area contributed by atoms with E-state index in [4.69, 9.17) is 5.11 Å². The maximum absolute atomic E-state index is 13.0. The number of thiazole rings is 1. The van der Waals surface area contributed by atoms with Crippen molar-refractivity contribution in [2.45, 2.75) is 4.34 Å². The van der Waals surface area contributed by atoms with Gasteiger partial charge in [-0.25, -0.2) is 13.8 Å². The Morgan fingerprint density at radius 3 is 2.61 bits per heavy atom. The molecule has 0 fully saturated rings. The summed E-state index contributed by atoms with van der Waals surface area (Å²) in [5.74, 6) is -2.37. The predicted octanol–water partition coefficient (Wildman–Crippen LogP) is 3.27. The number of carboxylic acids is 1. The number of hydrogen-bond acceptors (Lipinski definition) is 4. The van der Waals surface area contributed by atoms with E-state index in [1.54, 1.807) is 5.38 Å². The van der Waals surface area contributed by atoms with Crippen LogP contribution in [0, 0.1) is 11.6 Å². The number of aromatic nitrogens is 1. The quantitative estimate of drug-likeness (QED) is 0.877. The summed E-state index contributed by atoms with van der Waals surface area (Å²) < 4.78 is 26.6. The van der Waals surface area contributed by atoms with Gasteiger partial charge in [0.25, 0.3) is 0 Å². The molecule has 2 aromatic rings. The lowest BCUT2D eigenvalue weighted by Gasteiger charge is -1.97. The number of rotatable bonds is 4. The van der Waals surface area contributed by atoms with Crippen LogP contribution in [0.1, 0.15) is 0 Å². The molecule has 0 spiro atoms. The summed E-state index contributed by atoms with van der Waals surface area (Å²) in [7, 11) is 0. The van der Waals surface area contributed by atoms with Crippen LogP contribution in [-0.4, -0.2) is 21.8 Å². The second-order valence-electron chi connectivity index (χ2n) is 3.34. The maximum Gasteiger partial charge on any atom is 0.313 e. The van der Waals surface area contributed by atoms with Crippen LogP contribution in [0.4, 0.5) is 8.78 Å². The van der Waals surface area contributed by atoms with Gasteiger partial charge < -0.3 is 5.11 Å². The van der Waals surface area contributed by atoms with Crippen LogP contribution in [0.25, 0.3) is 11.3 Å². The molecule has 94 valence electrons. The standard InChI is InChI=1S/C11H7F2NO2S2/c12-7-1-6(2-8(13)3-7)9-4-17-11(14-9)18-5-10(15)16/h1-4H,5H2,(H,15,16). The van der Waals surface area contributed by atoms with E-state index in [-0.39, 0.29) is 5.75 Å². The van der Waals surface area contributed by atoms with Crippen molar-refractivity contribution in [3.8, 4) is 11.3 Å². The van der Waals surface area contributed by atoms with Gasteiger partial charge in [-0.2, -0.15) is 0 Å². The molecule has 0 saturated heterocycles. The molecule has 0 unspecified atom stereocenters. The van der Waals surface area contributed by atoms with Crippen LogP contribution in [0.15, 0.2) is 27.9 Å². The fourth-order valence-corrected chi connectivity index (χ4v) is 2.84. The topological polar surface area (TPSA) is 50.2 Å². The molecule has 7 heteroatoms. The van der Waals surface area contributed by atoms with Crippen LogP contribution in [0.5, 0.6) is 0 Å². The number of carboxylic acid groups (broad SMARTS) is 1. The number of benzene rings is 1.